The Balaban J connectivity index is 1.32. The average Bonchev–Trinajstić information content (AvgIpc) is 3.32. The highest BCUT2D eigenvalue weighted by molar-refractivity contribution is 5.98. The second-order valence-electron chi connectivity index (χ2n) is 7.45. The molecule has 0 saturated carbocycles. The maximum Gasteiger partial charge on any atom is 0.253 e. The third kappa shape index (κ3) is 2.91. The molecule has 5 rings (SSSR count). The molecule has 28 heavy (non-hydrogen) atoms. The lowest BCUT2D eigenvalue weighted by Gasteiger charge is -2.17. The summed E-state index contributed by atoms with van der Waals surface area (Å²) >= 11 is 0. The second kappa shape index (κ2) is 6.71. The fourth-order valence-corrected chi connectivity index (χ4v) is 4.09. The first-order chi connectivity index (χ1) is 13.7. The molecule has 0 spiro atoms. The van der Waals surface area contributed by atoms with Gasteiger partial charge in [-0.1, -0.05) is 6.07 Å². The fourth-order valence-electron chi connectivity index (χ4n) is 4.09. The van der Waals surface area contributed by atoms with Gasteiger partial charge in [-0.2, -0.15) is 0 Å². The van der Waals surface area contributed by atoms with Gasteiger partial charge in [0.1, 0.15) is 11.3 Å². The van der Waals surface area contributed by atoms with Crippen molar-refractivity contribution in [3.8, 4) is 0 Å². The molecule has 1 aromatic carbocycles. The first-order valence-corrected chi connectivity index (χ1v) is 9.59. The van der Waals surface area contributed by atoms with Crippen LogP contribution >= 0.6 is 0 Å². The lowest BCUT2D eigenvalue weighted by atomic mass is 10.0. The Bertz CT molecular complexity index is 1180. The van der Waals surface area contributed by atoms with Gasteiger partial charge in [0, 0.05) is 49.9 Å². The van der Waals surface area contributed by atoms with E-state index in [4.69, 9.17) is 4.98 Å². The molecule has 3 aromatic heterocycles. The van der Waals surface area contributed by atoms with E-state index in [1.54, 1.807) is 12.4 Å². The lowest BCUT2D eigenvalue weighted by molar-refractivity contribution is 0.0787. The van der Waals surface area contributed by atoms with E-state index in [2.05, 4.69) is 14.5 Å². The van der Waals surface area contributed by atoms with E-state index in [0.717, 1.165) is 59.4 Å². The third-order valence-corrected chi connectivity index (χ3v) is 5.61. The lowest BCUT2D eigenvalue weighted by Crippen LogP contribution is -2.29. The van der Waals surface area contributed by atoms with Crippen molar-refractivity contribution < 1.29 is 4.79 Å². The predicted molar refractivity (Wildman–Crippen MR) is 108 cm³/mol. The molecular weight excluding hydrogens is 350 g/mol. The summed E-state index contributed by atoms with van der Waals surface area (Å²) in [4.78, 5) is 28.4. The monoisotopic (exact) mass is 371 g/mol. The molecular formula is C22H21N5O. The highest BCUT2D eigenvalue weighted by Crippen LogP contribution is 2.24. The topological polar surface area (TPSA) is 63.9 Å². The van der Waals surface area contributed by atoms with Crippen molar-refractivity contribution in [2.24, 2.45) is 13.0 Å². The number of aryl methyl sites for hydroxylation is 1. The number of rotatable bonds is 3. The van der Waals surface area contributed by atoms with Crippen LogP contribution in [0.3, 0.4) is 0 Å². The van der Waals surface area contributed by atoms with Crippen molar-refractivity contribution in [2.75, 3.05) is 13.1 Å². The quantitative estimate of drug-likeness (QED) is 0.555. The maximum absolute atomic E-state index is 13.0. The largest absolute Gasteiger partial charge is 0.338 e. The van der Waals surface area contributed by atoms with Crippen molar-refractivity contribution in [1.29, 1.82) is 0 Å². The average molecular weight is 371 g/mol. The highest BCUT2D eigenvalue weighted by atomic mass is 16.2. The predicted octanol–water partition coefficient (Wildman–Crippen LogP) is 3.22. The number of likely N-dealkylation sites (tertiary alicyclic amines) is 1. The van der Waals surface area contributed by atoms with Gasteiger partial charge in [0.2, 0.25) is 0 Å². The van der Waals surface area contributed by atoms with Crippen LogP contribution in [0.2, 0.25) is 0 Å². The molecule has 1 atom stereocenters. The van der Waals surface area contributed by atoms with Crippen LogP contribution in [-0.2, 0) is 13.5 Å². The summed E-state index contributed by atoms with van der Waals surface area (Å²) in [7, 11) is 2.01. The van der Waals surface area contributed by atoms with E-state index >= 15 is 0 Å². The number of aromatic nitrogens is 4. The third-order valence-electron chi connectivity index (χ3n) is 5.61. The van der Waals surface area contributed by atoms with Crippen molar-refractivity contribution >= 4 is 28.0 Å². The van der Waals surface area contributed by atoms with Gasteiger partial charge in [-0.05, 0) is 48.7 Å². The van der Waals surface area contributed by atoms with Crippen molar-refractivity contribution in [3.05, 3.63) is 66.2 Å². The van der Waals surface area contributed by atoms with E-state index in [9.17, 15) is 4.79 Å². The molecule has 1 saturated heterocycles. The summed E-state index contributed by atoms with van der Waals surface area (Å²) in [6.07, 6.45) is 5.42. The van der Waals surface area contributed by atoms with Crippen LogP contribution < -0.4 is 0 Å². The van der Waals surface area contributed by atoms with Gasteiger partial charge in [0.15, 0.2) is 5.65 Å². The molecule has 4 heterocycles. The van der Waals surface area contributed by atoms with Gasteiger partial charge >= 0.3 is 0 Å². The number of carbonyl (C=O) groups excluding carboxylic acids is 1. The number of amides is 1. The minimum Gasteiger partial charge on any atom is -0.338 e. The molecule has 0 aliphatic carbocycles. The Morgan fingerprint density at radius 3 is 2.86 bits per heavy atom. The van der Waals surface area contributed by atoms with Crippen LogP contribution in [0.4, 0.5) is 0 Å². The molecule has 1 aliphatic rings. The molecule has 1 unspecified atom stereocenters. The fraction of sp³-hybridized carbons (Fsp3) is 0.273. The molecule has 1 aliphatic heterocycles. The van der Waals surface area contributed by atoms with Crippen LogP contribution in [-0.4, -0.2) is 43.4 Å². The number of pyridine rings is 2. The van der Waals surface area contributed by atoms with Crippen molar-refractivity contribution in [1.82, 2.24) is 24.4 Å². The van der Waals surface area contributed by atoms with Crippen molar-refractivity contribution in [3.63, 3.8) is 0 Å². The minimum absolute atomic E-state index is 0.0971. The molecule has 1 fully saturated rings. The number of hydrogen-bond donors (Lipinski definition) is 0. The van der Waals surface area contributed by atoms with E-state index in [0.29, 0.717) is 5.92 Å². The zero-order valence-corrected chi connectivity index (χ0v) is 15.7. The van der Waals surface area contributed by atoms with E-state index in [1.807, 2.05) is 54.4 Å². The number of hydrogen-bond acceptors (Lipinski definition) is 4. The van der Waals surface area contributed by atoms with Gasteiger partial charge in [0.25, 0.3) is 5.91 Å². The van der Waals surface area contributed by atoms with E-state index in [1.165, 1.54) is 0 Å². The summed E-state index contributed by atoms with van der Waals surface area (Å²) in [5, 5.41) is 0.997. The first-order valence-electron chi connectivity index (χ1n) is 9.59. The second-order valence-corrected chi connectivity index (χ2v) is 7.45. The van der Waals surface area contributed by atoms with Gasteiger partial charge < -0.3 is 9.47 Å². The molecule has 6 heteroatoms. The molecule has 0 radical (unpaired) electrons. The molecule has 140 valence electrons. The van der Waals surface area contributed by atoms with Crippen molar-refractivity contribution in [2.45, 2.75) is 12.8 Å². The zero-order valence-electron chi connectivity index (χ0n) is 15.7. The molecule has 6 nitrogen and oxygen atoms in total. The van der Waals surface area contributed by atoms with Crippen LogP contribution in [0.25, 0.3) is 22.1 Å². The number of benzene rings is 1. The molecule has 0 bridgehead atoms. The zero-order chi connectivity index (χ0) is 19.1. The Morgan fingerprint density at radius 2 is 1.96 bits per heavy atom. The number of nitrogens with zero attached hydrogens (tertiary/aromatic N) is 5. The van der Waals surface area contributed by atoms with Crippen LogP contribution in [0.5, 0.6) is 0 Å². The summed E-state index contributed by atoms with van der Waals surface area (Å²) < 4.78 is 2.07. The van der Waals surface area contributed by atoms with E-state index in [-0.39, 0.29) is 5.91 Å². The van der Waals surface area contributed by atoms with Crippen LogP contribution in [0.1, 0.15) is 22.6 Å². The normalized spacial score (nSPS) is 16.9. The molecule has 1 amide bonds. The number of imidazole rings is 1. The number of carbonyl (C=O) groups is 1. The summed E-state index contributed by atoms with van der Waals surface area (Å²) in [5.41, 5.74) is 3.48. The van der Waals surface area contributed by atoms with Gasteiger partial charge in [-0.15, -0.1) is 0 Å². The SMILES string of the molecule is Cn1c(CC2CCN(C(=O)c3ccc4ncccc4c3)C2)nc2cccnc21. The summed E-state index contributed by atoms with van der Waals surface area (Å²) in [5.74, 6) is 1.55. The van der Waals surface area contributed by atoms with E-state index < -0.39 is 0 Å². The Labute approximate surface area is 162 Å². The van der Waals surface area contributed by atoms with Crippen LogP contribution in [0, 0.1) is 5.92 Å². The highest BCUT2D eigenvalue weighted by Gasteiger charge is 2.28. The maximum atomic E-state index is 13.0. The van der Waals surface area contributed by atoms with Gasteiger partial charge in [0.05, 0.1) is 5.52 Å². The number of fused-ring (bicyclic) bond motifs is 2. The Morgan fingerprint density at radius 1 is 1.11 bits per heavy atom. The van der Waals surface area contributed by atoms with Gasteiger partial charge in [-0.25, -0.2) is 9.97 Å². The summed E-state index contributed by atoms with van der Waals surface area (Å²) in [6, 6.07) is 13.5. The van der Waals surface area contributed by atoms with Gasteiger partial charge in [-0.3, -0.25) is 9.78 Å². The smallest absolute Gasteiger partial charge is 0.253 e. The summed E-state index contributed by atoms with van der Waals surface area (Å²) in [6.45, 7) is 1.55. The Hall–Kier alpha value is -3.28. The van der Waals surface area contributed by atoms with Crippen LogP contribution in [0.15, 0.2) is 54.9 Å². The minimum atomic E-state index is 0.0971. The Kier molecular flexibility index (Phi) is 4.04. The standard InChI is InChI=1S/C22H21N5O/c1-26-20(25-19-5-3-10-24-21(19)26)12-15-8-11-27(14-15)22(28)17-6-7-18-16(13-17)4-2-9-23-18/h2-7,9-10,13,15H,8,11-12,14H2,1H3. The molecule has 0 N–H and O–H groups in total. The first kappa shape index (κ1) is 16.9. The molecule has 4 aromatic rings.